The second-order valence-electron chi connectivity index (χ2n) is 4.85. The summed E-state index contributed by atoms with van der Waals surface area (Å²) in [6.07, 6.45) is 1.07. The molecule has 2 atom stereocenters. The second-order valence-corrected chi connectivity index (χ2v) is 4.85. The normalized spacial score (nSPS) is 14.8. The van der Waals surface area contributed by atoms with Crippen molar-refractivity contribution in [2.75, 3.05) is 13.7 Å². The summed E-state index contributed by atoms with van der Waals surface area (Å²) in [4.78, 5) is 0. The summed E-state index contributed by atoms with van der Waals surface area (Å²) in [5.74, 6) is 0. The Morgan fingerprint density at radius 2 is 2.00 bits per heavy atom. The van der Waals surface area contributed by atoms with Gasteiger partial charge >= 0.3 is 0 Å². The summed E-state index contributed by atoms with van der Waals surface area (Å²) in [5.41, 5.74) is 3.72. The van der Waals surface area contributed by atoms with Gasteiger partial charge in [-0.2, -0.15) is 5.10 Å². The van der Waals surface area contributed by atoms with Crippen molar-refractivity contribution in [2.45, 2.75) is 59.7 Å². The Kier molecular flexibility index (Phi) is 5.82. The van der Waals surface area contributed by atoms with E-state index in [1.165, 1.54) is 11.3 Å². The van der Waals surface area contributed by atoms with Crippen LogP contribution >= 0.6 is 0 Å². The molecule has 0 spiro atoms. The van der Waals surface area contributed by atoms with Crippen LogP contribution in [0.25, 0.3) is 0 Å². The quantitative estimate of drug-likeness (QED) is 0.812. The molecule has 2 unspecified atom stereocenters. The van der Waals surface area contributed by atoms with Gasteiger partial charge in [0, 0.05) is 37.0 Å². The van der Waals surface area contributed by atoms with Gasteiger partial charge in [0.05, 0.1) is 12.3 Å². The number of aromatic nitrogens is 2. The Bertz CT molecular complexity index is 373. The van der Waals surface area contributed by atoms with Gasteiger partial charge in [-0.3, -0.25) is 4.68 Å². The predicted molar refractivity (Wildman–Crippen MR) is 74.9 cm³/mol. The van der Waals surface area contributed by atoms with Gasteiger partial charge in [-0.05, 0) is 34.1 Å². The van der Waals surface area contributed by atoms with Crippen LogP contribution in [0.15, 0.2) is 0 Å². The van der Waals surface area contributed by atoms with Crippen molar-refractivity contribution in [3.8, 4) is 0 Å². The molecule has 4 nitrogen and oxygen atoms in total. The lowest BCUT2D eigenvalue weighted by Crippen LogP contribution is -2.35. The first kappa shape index (κ1) is 15.2. The molecule has 18 heavy (non-hydrogen) atoms. The average Bonchev–Trinajstić information content (AvgIpc) is 2.63. The molecule has 0 saturated heterocycles. The lowest BCUT2D eigenvalue weighted by atomic mass is 10.0. The molecule has 1 aromatic heterocycles. The van der Waals surface area contributed by atoms with Crippen LogP contribution in [0.1, 0.15) is 50.2 Å². The number of ether oxygens (including phenoxy) is 1. The van der Waals surface area contributed by atoms with Gasteiger partial charge in [-0.25, -0.2) is 0 Å². The highest BCUT2D eigenvalue weighted by atomic mass is 16.5. The average molecular weight is 253 g/mol. The van der Waals surface area contributed by atoms with Gasteiger partial charge in [-0.15, -0.1) is 0 Å². The van der Waals surface area contributed by atoms with Crippen molar-refractivity contribution in [2.24, 2.45) is 0 Å². The summed E-state index contributed by atoms with van der Waals surface area (Å²) in [7, 11) is 1.75. The predicted octanol–water partition coefficient (Wildman–Crippen LogP) is 2.60. The second kappa shape index (κ2) is 6.90. The van der Waals surface area contributed by atoms with Crippen molar-refractivity contribution in [3.05, 3.63) is 17.0 Å². The fourth-order valence-electron chi connectivity index (χ4n) is 2.57. The van der Waals surface area contributed by atoms with Gasteiger partial charge in [0.2, 0.25) is 0 Å². The van der Waals surface area contributed by atoms with Crippen molar-refractivity contribution in [3.63, 3.8) is 0 Å². The zero-order valence-corrected chi connectivity index (χ0v) is 12.6. The lowest BCUT2D eigenvalue weighted by Gasteiger charge is -2.22. The van der Waals surface area contributed by atoms with Gasteiger partial charge < -0.3 is 10.1 Å². The van der Waals surface area contributed by atoms with Crippen LogP contribution in [0, 0.1) is 13.8 Å². The van der Waals surface area contributed by atoms with E-state index < -0.39 is 0 Å². The van der Waals surface area contributed by atoms with Gasteiger partial charge in [0.1, 0.15) is 0 Å². The first-order valence-corrected chi connectivity index (χ1v) is 6.83. The van der Waals surface area contributed by atoms with E-state index in [4.69, 9.17) is 4.74 Å². The van der Waals surface area contributed by atoms with E-state index >= 15 is 0 Å². The van der Waals surface area contributed by atoms with Crippen LogP contribution in [0.4, 0.5) is 0 Å². The summed E-state index contributed by atoms with van der Waals surface area (Å²) in [5, 5.41) is 8.20. The van der Waals surface area contributed by atoms with E-state index in [0.717, 1.165) is 25.3 Å². The maximum Gasteiger partial charge on any atom is 0.0644 e. The van der Waals surface area contributed by atoms with Crippen LogP contribution in [0.5, 0.6) is 0 Å². The summed E-state index contributed by atoms with van der Waals surface area (Å²) in [6.45, 7) is 12.4. The highest BCUT2D eigenvalue weighted by Gasteiger charge is 2.19. The Balaban J connectivity index is 2.83. The number of rotatable bonds is 7. The van der Waals surface area contributed by atoms with E-state index in [2.05, 4.69) is 49.7 Å². The molecule has 1 N–H and O–H groups in total. The Labute approximate surface area is 111 Å². The third-order valence-electron chi connectivity index (χ3n) is 3.52. The minimum absolute atomic E-state index is 0.311. The minimum Gasteiger partial charge on any atom is -0.383 e. The number of aryl methyl sites for hydroxylation is 2. The van der Waals surface area contributed by atoms with E-state index in [9.17, 15) is 0 Å². The Morgan fingerprint density at radius 3 is 2.44 bits per heavy atom. The monoisotopic (exact) mass is 253 g/mol. The molecular weight excluding hydrogens is 226 g/mol. The standard InChI is InChI=1S/C14H27N3O/c1-7-13(9-18-6)15-10(3)14-11(4)16-17(8-2)12(14)5/h10,13,15H,7-9H2,1-6H3. The highest BCUT2D eigenvalue weighted by molar-refractivity contribution is 5.27. The molecule has 1 rings (SSSR count). The van der Waals surface area contributed by atoms with Gasteiger partial charge in [0.25, 0.3) is 0 Å². The number of hydrogen-bond donors (Lipinski definition) is 1. The van der Waals surface area contributed by atoms with Crippen LogP contribution in [0.2, 0.25) is 0 Å². The molecule has 1 aromatic rings. The molecule has 0 fully saturated rings. The maximum atomic E-state index is 5.24. The zero-order chi connectivity index (χ0) is 13.7. The smallest absolute Gasteiger partial charge is 0.0644 e. The molecule has 0 aliphatic carbocycles. The largest absolute Gasteiger partial charge is 0.383 e. The summed E-state index contributed by atoms with van der Waals surface area (Å²) in [6, 6.07) is 0.708. The summed E-state index contributed by atoms with van der Waals surface area (Å²) >= 11 is 0. The number of nitrogens with one attached hydrogen (secondary N) is 1. The van der Waals surface area contributed by atoms with Gasteiger partial charge in [-0.1, -0.05) is 6.92 Å². The van der Waals surface area contributed by atoms with Crippen molar-refractivity contribution in [1.29, 1.82) is 0 Å². The van der Waals surface area contributed by atoms with Crippen molar-refractivity contribution >= 4 is 0 Å². The molecule has 0 aliphatic rings. The molecular formula is C14H27N3O. The van der Waals surface area contributed by atoms with E-state index in [1.54, 1.807) is 7.11 Å². The van der Waals surface area contributed by atoms with Crippen LogP contribution in [0.3, 0.4) is 0 Å². The molecule has 0 bridgehead atoms. The first-order chi connectivity index (χ1) is 8.54. The van der Waals surface area contributed by atoms with Crippen molar-refractivity contribution < 1.29 is 4.74 Å². The minimum atomic E-state index is 0.311. The topological polar surface area (TPSA) is 39.1 Å². The number of nitrogens with zero attached hydrogens (tertiary/aromatic N) is 2. The third-order valence-corrected chi connectivity index (χ3v) is 3.52. The molecule has 104 valence electrons. The van der Waals surface area contributed by atoms with E-state index in [0.29, 0.717) is 12.1 Å². The highest BCUT2D eigenvalue weighted by Crippen LogP contribution is 2.22. The van der Waals surface area contributed by atoms with Gasteiger partial charge in [0.15, 0.2) is 0 Å². The summed E-state index contributed by atoms with van der Waals surface area (Å²) < 4.78 is 7.30. The first-order valence-electron chi connectivity index (χ1n) is 6.83. The van der Waals surface area contributed by atoms with E-state index in [-0.39, 0.29) is 0 Å². The maximum absolute atomic E-state index is 5.24. The molecule has 4 heteroatoms. The van der Waals surface area contributed by atoms with Crippen molar-refractivity contribution in [1.82, 2.24) is 15.1 Å². The Hall–Kier alpha value is -0.870. The lowest BCUT2D eigenvalue weighted by molar-refractivity contribution is 0.159. The van der Waals surface area contributed by atoms with Crippen LogP contribution in [-0.4, -0.2) is 29.5 Å². The molecule has 1 heterocycles. The van der Waals surface area contributed by atoms with Crippen LogP contribution in [-0.2, 0) is 11.3 Å². The Morgan fingerprint density at radius 1 is 1.33 bits per heavy atom. The van der Waals surface area contributed by atoms with Crippen LogP contribution < -0.4 is 5.32 Å². The molecule has 0 saturated carbocycles. The third kappa shape index (κ3) is 3.33. The SMILES string of the molecule is CCC(COC)NC(C)c1c(C)nn(CC)c1C. The number of methoxy groups -OCH3 is 1. The zero-order valence-electron chi connectivity index (χ0n) is 12.6. The number of hydrogen-bond acceptors (Lipinski definition) is 3. The molecule has 0 amide bonds. The molecule has 0 radical (unpaired) electrons. The van der Waals surface area contributed by atoms with E-state index in [1.807, 2.05) is 0 Å². The fourth-order valence-corrected chi connectivity index (χ4v) is 2.57. The fraction of sp³-hybridized carbons (Fsp3) is 0.786. The molecule has 0 aliphatic heterocycles. The molecule has 0 aromatic carbocycles.